The Labute approximate surface area is 93.9 Å². The monoisotopic (exact) mass is 222 g/mol. The molecule has 0 heterocycles. The third-order valence-electron chi connectivity index (χ3n) is 2.29. The van der Waals surface area contributed by atoms with E-state index in [2.05, 4.69) is 0 Å². The van der Waals surface area contributed by atoms with Gasteiger partial charge in [-0.05, 0) is 24.1 Å². The van der Waals surface area contributed by atoms with Crippen LogP contribution >= 0.6 is 0 Å². The second-order valence-corrected chi connectivity index (χ2v) is 3.55. The Morgan fingerprint density at radius 3 is 2.50 bits per heavy atom. The van der Waals surface area contributed by atoms with Crippen molar-refractivity contribution in [3.63, 3.8) is 0 Å². The summed E-state index contributed by atoms with van der Waals surface area (Å²) in [6.45, 7) is 0. The lowest BCUT2D eigenvalue weighted by Crippen LogP contribution is -2.11. The van der Waals surface area contributed by atoms with Crippen molar-refractivity contribution in [3.8, 4) is 5.75 Å². The zero-order valence-electron chi connectivity index (χ0n) is 9.05. The largest absolute Gasteiger partial charge is 0.497 e. The Kier molecular flexibility index (Phi) is 4.51. The number of hydrogen-bond donors (Lipinski definition) is 1. The van der Waals surface area contributed by atoms with Gasteiger partial charge in [-0.25, -0.2) is 0 Å². The highest BCUT2D eigenvalue weighted by atomic mass is 16.5. The lowest BCUT2D eigenvalue weighted by molar-refractivity contribution is -0.139. The summed E-state index contributed by atoms with van der Waals surface area (Å²) in [6.07, 6.45) is 1.01. The van der Waals surface area contributed by atoms with Crippen molar-refractivity contribution in [2.24, 2.45) is 5.92 Å². The van der Waals surface area contributed by atoms with Crippen LogP contribution in [-0.2, 0) is 16.0 Å². The van der Waals surface area contributed by atoms with E-state index in [-0.39, 0.29) is 6.42 Å². The molecule has 0 radical (unpaired) electrons. The van der Waals surface area contributed by atoms with Crippen LogP contribution in [-0.4, -0.2) is 24.5 Å². The predicted molar refractivity (Wildman–Crippen MR) is 58.5 cm³/mol. The van der Waals surface area contributed by atoms with Crippen LogP contribution in [0.4, 0.5) is 0 Å². The van der Waals surface area contributed by atoms with Gasteiger partial charge < -0.3 is 14.6 Å². The number of carboxylic acids is 1. The fourth-order valence-electron chi connectivity index (χ4n) is 1.46. The molecule has 4 heteroatoms. The maximum atomic E-state index is 10.7. The van der Waals surface area contributed by atoms with Gasteiger partial charge in [0.2, 0.25) is 0 Å². The van der Waals surface area contributed by atoms with Crippen LogP contribution in [0.15, 0.2) is 24.3 Å². The number of rotatable bonds is 6. The van der Waals surface area contributed by atoms with Gasteiger partial charge in [0.05, 0.1) is 13.5 Å². The summed E-state index contributed by atoms with van der Waals surface area (Å²) in [4.78, 5) is 21.2. The molecule has 0 saturated heterocycles. The third-order valence-corrected chi connectivity index (χ3v) is 2.29. The first-order valence-corrected chi connectivity index (χ1v) is 4.95. The lowest BCUT2D eigenvalue weighted by atomic mass is 9.98. The third kappa shape index (κ3) is 3.73. The minimum Gasteiger partial charge on any atom is -0.497 e. The van der Waals surface area contributed by atoms with E-state index in [4.69, 9.17) is 9.84 Å². The molecular formula is C12H14O4. The summed E-state index contributed by atoms with van der Waals surface area (Å²) >= 11 is 0. The second kappa shape index (κ2) is 5.90. The number of ether oxygens (including phenoxy) is 1. The van der Waals surface area contributed by atoms with Crippen LogP contribution in [0, 0.1) is 5.92 Å². The topological polar surface area (TPSA) is 63.6 Å². The fraction of sp³-hybridized carbons (Fsp3) is 0.333. The van der Waals surface area contributed by atoms with Crippen LogP contribution in [0.1, 0.15) is 12.0 Å². The molecule has 86 valence electrons. The van der Waals surface area contributed by atoms with Gasteiger partial charge in [-0.1, -0.05) is 12.1 Å². The Morgan fingerprint density at radius 1 is 1.44 bits per heavy atom. The number of methoxy groups -OCH3 is 1. The van der Waals surface area contributed by atoms with E-state index >= 15 is 0 Å². The summed E-state index contributed by atoms with van der Waals surface area (Å²) in [5, 5.41) is 8.60. The molecule has 1 unspecified atom stereocenters. The van der Waals surface area contributed by atoms with E-state index < -0.39 is 11.9 Å². The molecule has 1 atom stereocenters. The molecule has 0 aliphatic carbocycles. The molecule has 0 spiro atoms. The van der Waals surface area contributed by atoms with Crippen molar-refractivity contribution in [1.82, 2.24) is 0 Å². The van der Waals surface area contributed by atoms with E-state index in [0.29, 0.717) is 12.7 Å². The van der Waals surface area contributed by atoms with Gasteiger partial charge in [0, 0.05) is 5.92 Å². The number of aldehydes is 1. The summed E-state index contributed by atoms with van der Waals surface area (Å²) in [5.74, 6) is -0.679. The van der Waals surface area contributed by atoms with Crippen molar-refractivity contribution in [3.05, 3.63) is 29.8 Å². The quantitative estimate of drug-likeness (QED) is 0.741. The van der Waals surface area contributed by atoms with E-state index in [1.165, 1.54) is 0 Å². The molecule has 0 bridgehead atoms. The molecule has 16 heavy (non-hydrogen) atoms. The fourth-order valence-corrected chi connectivity index (χ4v) is 1.46. The molecule has 0 amide bonds. The number of hydrogen-bond acceptors (Lipinski definition) is 3. The molecule has 4 nitrogen and oxygen atoms in total. The molecule has 0 saturated carbocycles. The molecule has 1 aromatic rings. The normalized spacial score (nSPS) is 11.8. The van der Waals surface area contributed by atoms with Gasteiger partial charge in [-0.3, -0.25) is 4.79 Å². The smallest absolute Gasteiger partial charge is 0.304 e. The maximum absolute atomic E-state index is 10.7. The first-order valence-electron chi connectivity index (χ1n) is 4.95. The van der Waals surface area contributed by atoms with Gasteiger partial charge in [0.25, 0.3) is 0 Å². The molecule has 1 N–H and O–H groups in total. The molecular weight excluding hydrogens is 208 g/mol. The van der Waals surface area contributed by atoms with Crippen molar-refractivity contribution >= 4 is 12.3 Å². The van der Waals surface area contributed by atoms with E-state index in [1.807, 2.05) is 12.1 Å². The molecule has 0 aliphatic heterocycles. The number of carbonyl (C=O) groups excluding carboxylic acids is 1. The Hall–Kier alpha value is -1.84. The minimum absolute atomic E-state index is 0.129. The van der Waals surface area contributed by atoms with Crippen LogP contribution in [0.5, 0.6) is 5.75 Å². The second-order valence-electron chi connectivity index (χ2n) is 3.55. The highest BCUT2D eigenvalue weighted by Gasteiger charge is 2.12. The van der Waals surface area contributed by atoms with Gasteiger partial charge in [-0.2, -0.15) is 0 Å². The molecule has 0 fully saturated rings. The minimum atomic E-state index is -0.953. The first kappa shape index (κ1) is 12.2. The van der Waals surface area contributed by atoms with Crippen LogP contribution in [0.3, 0.4) is 0 Å². The Balaban J connectivity index is 2.63. The molecule has 0 aromatic heterocycles. The number of carboxylic acid groups (broad SMARTS) is 1. The predicted octanol–water partition coefficient (Wildman–Crippen LogP) is 1.53. The maximum Gasteiger partial charge on any atom is 0.304 e. The van der Waals surface area contributed by atoms with Gasteiger partial charge in [0.1, 0.15) is 12.0 Å². The molecule has 0 aliphatic rings. The SMILES string of the molecule is COc1ccc(CC(C=O)CC(=O)O)cc1. The Bertz CT molecular complexity index is 356. The van der Waals surface area contributed by atoms with Crippen molar-refractivity contribution in [1.29, 1.82) is 0 Å². The van der Waals surface area contributed by atoms with Gasteiger partial charge >= 0.3 is 5.97 Å². The summed E-state index contributed by atoms with van der Waals surface area (Å²) in [6, 6.07) is 7.24. The Morgan fingerprint density at radius 2 is 2.06 bits per heavy atom. The van der Waals surface area contributed by atoms with Crippen molar-refractivity contribution in [2.75, 3.05) is 7.11 Å². The van der Waals surface area contributed by atoms with E-state index in [1.54, 1.807) is 19.2 Å². The van der Waals surface area contributed by atoms with E-state index in [9.17, 15) is 9.59 Å². The summed E-state index contributed by atoms with van der Waals surface area (Å²) < 4.78 is 5.00. The average molecular weight is 222 g/mol. The lowest BCUT2D eigenvalue weighted by Gasteiger charge is -2.08. The van der Waals surface area contributed by atoms with Crippen LogP contribution in [0.2, 0.25) is 0 Å². The summed E-state index contributed by atoms with van der Waals surface area (Å²) in [7, 11) is 1.58. The highest BCUT2D eigenvalue weighted by molar-refractivity contribution is 5.72. The zero-order chi connectivity index (χ0) is 12.0. The summed E-state index contributed by atoms with van der Waals surface area (Å²) in [5.41, 5.74) is 0.930. The highest BCUT2D eigenvalue weighted by Crippen LogP contribution is 2.15. The van der Waals surface area contributed by atoms with Gasteiger partial charge in [-0.15, -0.1) is 0 Å². The number of carbonyl (C=O) groups is 2. The standard InChI is InChI=1S/C12H14O4/c1-16-11-4-2-9(3-5-11)6-10(8-13)7-12(14)15/h2-5,8,10H,6-7H2,1H3,(H,14,15). The van der Waals surface area contributed by atoms with Crippen molar-refractivity contribution in [2.45, 2.75) is 12.8 Å². The molecule has 1 aromatic carbocycles. The van der Waals surface area contributed by atoms with Crippen molar-refractivity contribution < 1.29 is 19.4 Å². The molecule has 1 rings (SSSR count). The van der Waals surface area contributed by atoms with Crippen LogP contribution < -0.4 is 4.74 Å². The first-order chi connectivity index (χ1) is 7.65. The number of benzene rings is 1. The zero-order valence-corrected chi connectivity index (χ0v) is 9.05. The van der Waals surface area contributed by atoms with Crippen LogP contribution in [0.25, 0.3) is 0 Å². The average Bonchev–Trinajstić information content (AvgIpc) is 2.28. The van der Waals surface area contributed by atoms with E-state index in [0.717, 1.165) is 11.3 Å². The van der Waals surface area contributed by atoms with Gasteiger partial charge in [0.15, 0.2) is 0 Å². The number of aliphatic carboxylic acids is 1.